The topological polar surface area (TPSA) is 21.3 Å². The first-order chi connectivity index (χ1) is 9.50. The van der Waals surface area contributed by atoms with Crippen LogP contribution in [-0.2, 0) is 0 Å². The summed E-state index contributed by atoms with van der Waals surface area (Å²) in [5.74, 6) is 0.955. The SMILES string of the molecule is CNC(c1cccc(Oc2ccccc2)c1)C(F)(F)F. The molecular formula is C15H14F3NO. The smallest absolute Gasteiger partial charge is 0.407 e. The van der Waals surface area contributed by atoms with Gasteiger partial charge in [-0.2, -0.15) is 13.2 Å². The summed E-state index contributed by atoms with van der Waals surface area (Å²) in [6, 6.07) is 13.2. The van der Waals surface area contributed by atoms with Gasteiger partial charge in [-0.1, -0.05) is 30.3 Å². The van der Waals surface area contributed by atoms with Gasteiger partial charge in [-0.25, -0.2) is 0 Å². The van der Waals surface area contributed by atoms with Crippen LogP contribution in [0.3, 0.4) is 0 Å². The quantitative estimate of drug-likeness (QED) is 0.902. The van der Waals surface area contributed by atoms with Gasteiger partial charge in [-0.05, 0) is 36.9 Å². The van der Waals surface area contributed by atoms with E-state index in [1.165, 1.54) is 19.2 Å². The Morgan fingerprint density at radius 2 is 1.60 bits per heavy atom. The van der Waals surface area contributed by atoms with Crippen LogP contribution in [0, 0.1) is 0 Å². The number of halogens is 3. The zero-order valence-electron chi connectivity index (χ0n) is 10.8. The Labute approximate surface area is 115 Å². The van der Waals surface area contributed by atoms with Crippen LogP contribution < -0.4 is 10.1 Å². The molecule has 5 heteroatoms. The number of hydrogen-bond donors (Lipinski definition) is 1. The number of nitrogens with one attached hydrogen (secondary N) is 1. The lowest BCUT2D eigenvalue weighted by Crippen LogP contribution is -2.31. The molecule has 2 aromatic rings. The number of para-hydroxylation sites is 1. The number of alkyl halides is 3. The third-order valence-electron chi connectivity index (χ3n) is 2.79. The van der Waals surface area contributed by atoms with E-state index in [-0.39, 0.29) is 5.56 Å². The van der Waals surface area contributed by atoms with Crippen molar-refractivity contribution in [3.05, 3.63) is 60.2 Å². The average Bonchev–Trinajstić information content (AvgIpc) is 2.39. The van der Waals surface area contributed by atoms with Gasteiger partial charge in [0.2, 0.25) is 0 Å². The average molecular weight is 281 g/mol. The molecule has 0 bridgehead atoms. The first kappa shape index (κ1) is 14.4. The number of benzene rings is 2. The van der Waals surface area contributed by atoms with Crippen LogP contribution >= 0.6 is 0 Å². The molecule has 2 aromatic carbocycles. The number of ether oxygens (including phenoxy) is 1. The summed E-state index contributed by atoms with van der Waals surface area (Å²) in [4.78, 5) is 0. The highest BCUT2D eigenvalue weighted by atomic mass is 19.4. The van der Waals surface area contributed by atoms with Crippen molar-refractivity contribution in [2.24, 2.45) is 0 Å². The summed E-state index contributed by atoms with van der Waals surface area (Å²) in [6.07, 6.45) is -4.35. The molecule has 106 valence electrons. The Hall–Kier alpha value is -2.01. The van der Waals surface area contributed by atoms with Crippen LogP contribution in [0.15, 0.2) is 54.6 Å². The van der Waals surface area contributed by atoms with Gasteiger partial charge >= 0.3 is 6.18 Å². The highest BCUT2D eigenvalue weighted by Crippen LogP contribution is 2.34. The van der Waals surface area contributed by atoms with Crippen molar-refractivity contribution >= 4 is 0 Å². The molecule has 0 spiro atoms. The second-order valence-electron chi connectivity index (χ2n) is 4.25. The third-order valence-corrected chi connectivity index (χ3v) is 2.79. The Kier molecular flexibility index (Phi) is 4.29. The second kappa shape index (κ2) is 5.96. The summed E-state index contributed by atoms with van der Waals surface area (Å²) in [6.45, 7) is 0. The van der Waals surface area contributed by atoms with E-state index in [4.69, 9.17) is 4.74 Å². The molecule has 20 heavy (non-hydrogen) atoms. The summed E-state index contributed by atoms with van der Waals surface area (Å²) in [7, 11) is 1.28. The summed E-state index contributed by atoms with van der Waals surface area (Å²) in [5, 5.41) is 2.27. The molecule has 1 atom stereocenters. The highest BCUT2D eigenvalue weighted by molar-refractivity contribution is 5.35. The molecule has 2 nitrogen and oxygen atoms in total. The van der Waals surface area contributed by atoms with Gasteiger partial charge in [-0.15, -0.1) is 0 Å². The molecule has 0 aromatic heterocycles. The van der Waals surface area contributed by atoms with E-state index in [0.717, 1.165) is 0 Å². The van der Waals surface area contributed by atoms with Crippen LogP contribution in [0.5, 0.6) is 11.5 Å². The van der Waals surface area contributed by atoms with Gasteiger partial charge in [0.15, 0.2) is 0 Å². The van der Waals surface area contributed by atoms with Crippen molar-refractivity contribution in [3.8, 4) is 11.5 Å². The van der Waals surface area contributed by atoms with Crippen LogP contribution in [0.25, 0.3) is 0 Å². The third kappa shape index (κ3) is 3.51. The van der Waals surface area contributed by atoms with Crippen LogP contribution in [0.2, 0.25) is 0 Å². The Balaban J connectivity index is 2.24. The molecule has 1 unspecified atom stereocenters. The normalized spacial score (nSPS) is 13.0. The zero-order chi connectivity index (χ0) is 14.6. The number of hydrogen-bond acceptors (Lipinski definition) is 2. The summed E-state index contributed by atoms with van der Waals surface area (Å²) in [5.41, 5.74) is 0.119. The molecule has 0 amide bonds. The van der Waals surface area contributed by atoms with Crippen molar-refractivity contribution in [3.63, 3.8) is 0 Å². The summed E-state index contributed by atoms with van der Waals surface area (Å²) < 4.78 is 44.1. The Morgan fingerprint density at radius 3 is 2.20 bits per heavy atom. The molecule has 0 saturated heterocycles. The van der Waals surface area contributed by atoms with Gasteiger partial charge in [0.25, 0.3) is 0 Å². The molecule has 0 radical (unpaired) electrons. The monoisotopic (exact) mass is 281 g/mol. The van der Waals surface area contributed by atoms with E-state index in [1.54, 1.807) is 36.4 Å². The van der Waals surface area contributed by atoms with Gasteiger partial charge in [0, 0.05) is 0 Å². The van der Waals surface area contributed by atoms with Gasteiger partial charge in [0.05, 0.1) is 0 Å². The molecule has 0 saturated carbocycles. The first-order valence-electron chi connectivity index (χ1n) is 6.07. The molecule has 0 aliphatic heterocycles. The minimum Gasteiger partial charge on any atom is -0.457 e. The lowest BCUT2D eigenvalue weighted by atomic mass is 10.1. The van der Waals surface area contributed by atoms with Gasteiger partial charge < -0.3 is 10.1 Å². The van der Waals surface area contributed by atoms with Crippen molar-refractivity contribution in [2.45, 2.75) is 12.2 Å². The van der Waals surface area contributed by atoms with Crippen LogP contribution in [0.4, 0.5) is 13.2 Å². The highest BCUT2D eigenvalue weighted by Gasteiger charge is 2.39. The lowest BCUT2D eigenvalue weighted by molar-refractivity contribution is -0.156. The predicted octanol–water partition coefficient (Wildman–Crippen LogP) is 4.30. The van der Waals surface area contributed by atoms with E-state index < -0.39 is 12.2 Å². The molecule has 0 aliphatic carbocycles. The lowest BCUT2D eigenvalue weighted by Gasteiger charge is -2.20. The van der Waals surface area contributed by atoms with Crippen molar-refractivity contribution in [1.82, 2.24) is 5.32 Å². The minimum absolute atomic E-state index is 0.119. The maximum absolute atomic E-state index is 12.9. The van der Waals surface area contributed by atoms with E-state index in [1.807, 2.05) is 6.07 Å². The molecule has 0 heterocycles. The van der Waals surface area contributed by atoms with Crippen molar-refractivity contribution in [2.75, 3.05) is 7.05 Å². The first-order valence-corrected chi connectivity index (χ1v) is 6.07. The molecule has 2 rings (SSSR count). The fourth-order valence-corrected chi connectivity index (χ4v) is 1.90. The maximum atomic E-state index is 12.9. The van der Waals surface area contributed by atoms with Gasteiger partial charge in [-0.3, -0.25) is 0 Å². The molecule has 0 aliphatic rings. The maximum Gasteiger partial charge on any atom is 0.407 e. The van der Waals surface area contributed by atoms with Crippen LogP contribution in [0.1, 0.15) is 11.6 Å². The minimum atomic E-state index is -4.35. The molecular weight excluding hydrogens is 267 g/mol. The molecule has 1 N–H and O–H groups in total. The fraction of sp³-hybridized carbons (Fsp3) is 0.200. The van der Waals surface area contributed by atoms with Crippen LogP contribution in [-0.4, -0.2) is 13.2 Å². The fourth-order valence-electron chi connectivity index (χ4n) is 1.90. The second-order valence-corrected chi connectivity index (χ2v) is 4.25. The zero-order valence-corrected chi connectivity index (χ0v) is 10.8. The predicted molar refractivity (Wildman–Crippen MR) is 70.8 cm³/mol. The Bertz CT molecular complexity index is 555. The van der Waals surface area contributed by atoms with Gasteiger partial charge in [0.1, 0.15) is 17.5 Å². The molecule has 0 fully saturated rings. The van der Waals surface area contributed by atoms with E-state index in [0.29, 0.717) is 11.5 Å². The van der Waals surface area contributed by atoms with Crippen molar-refractivity contribution in [1.29, 1.82) is 0 Å². The van der Waals surface area contributed by atoms with E-state index in [9.17, 15) is 13.2 Å². The summed E-state index contributed by atoms with van der Waals surface area (Å²) >= 11 is 0. The van der Waals surface area contributed by atoms with E-state index >= 15 is 0 Å². The standard InChI is InChI=1S/C15H14F3NO/c1-19-14(15(16,17)18)11-6-5-9-13(10-11)20-12-7-3-2-4-8-12/h2-10,14,19H,1H3. The van der Waals surface area contributed by atoms with Crippen molar-refractivity contribution < 1.29 is 17.9 Å². The largest absolute Gasteiger partial charge is 0.457 e. The van der Waals surface area contributed by atoms with E-state index in [2.05, 4.69) is 5.32 Å². The number of rotatable bonds is 4. The Morgan fingerprint density at radius 1 is 0.950 bits per heavy atom.